The molecule has 1 amide bonds. The number of carbonyl (C=O) groups excluding carboxylic acids is 1. The number of ether oxygens (including phenoxy) is 2. The maximum Gasteiger partial charge on any atom is 0.251 e. The molecule has 0 bridgehead atoms. The van der Waals surface area contributed by atoms with Crippen LogP contribution in [0.3, 0.4) is 0 Å². The predicted molar refractivity (Wildman–Crippen MR) is 141 cm³/mol. The van der Waals surface area contributed by atoms with Crippen molar-refractivity contribution in [1.82, 2.24) is 20.3 Å². The van der Waals surface area contributed by atoms with Gasteiger partial charge in [0.15, 0.2) is 0 Å². The zero-order valence-electron chi connectivity index (χ0n) is 21.6. The SMILES string of the molecule is CCCCNc1nc(NCCOCCOCCNC(=O)c2ccccc2)nc(N[C@@H](CO)C(C)C)n1. The Morgan fingerprint density at radius 1 is 0.889 bits per heavy atom. The molecule has 11 nitrogen and oxygen atoms in total. The van der Waals surface area contributed by atoms with Gasteiger partial charge in [-0.1, -0.05) is 45.4 Å². The van der Waals surface area contributed by atoms with Gasteiger partial charge in [-0.15, -0.1) is 0 Å². The first-order valence-corrected chi connectivity index (χ1v) is 12.6. The van der Waals surface area contributed by atoms with Gasteiger partial charge in [0.1, 0.15) is 0 Å². The first kappa shape index (κ1) is 29.2. The molecule has 0 saturated heterocycles. The Bertz CT molecular complexity index is 871. The van der Waals surface area contributed by atoms with Gasteiger partial charge in [-0.25, -0.2) is 0 Å². The van der Waals surface area contributed by atoms with Crippen LogP contribution < -0.4 is 21.3 Å². The molecular weight excluding hydrogens is 462 g/mol. The van der Waals surface area contributed by atoms with Gasteiger partial charge in [0.2, 0.25) is 17.8 Å². The molecule has 1 aromatic heterocycles. The Balaban J connectivity index is 1.66. The van der Waals surface area contributed by atoms with Crippen molar-refractivity contribution in [2.45, 2.75) is 39.7 Å². The fourth-order valence-corrected chi connectivity index (χ4v) is 3.05. The second kappa shape index (κ2) is 17.4. The van der Waals surface area contributed by atoms with Crippen LogP contribution in [0.5, 0.6) is 0 Å². The lowest BCUT2D eigenvalue weighted by molar-refractivity contribution is 0.0519. The molecule has 0 unspecified atom stereocenters. The number of unbranched alkanes of at least 4 members (excludes halogenated alkanes) is 1. The summed E-state index contributed by atoms with van der Waals surface area (Å²) >= 11 is 0. The van der Waals surface area contributed by atoms with Crippen LogP contribution in [0.1, 0.15) is 44.0 Å². The van der Waals surface area contributed by atoms with Crippen molar-refractivity contribution in [3.8, 4) is 0 Å². The molecule has 200 valence electrons. The lowest BCUT2D eigenvalue weighted by atomic mass is 10.1. The number of aliphatic hydroxyl groups excluding tert-OH is 1. The molecule has 2 rings (SSSR count). The van der Waals surface area contributed by atoms with Crippen LogP contribution in [-0.4, -0.2) is 84.7 Å². The number of aromatic nitrogens is 3. The number of hydrogen-bond acceptors (Lipinski definition) is 10. The van der Waals surface area contributed by atoms with E-state index in [2.05, 4.69) is 43.1 Å². The number of rotatable bonds is 19. The summed E-state index contributed by atoms with van der Waals surface area (Å²) in [5.74, 6) is 1.43. The highest BCUT2D eigenvalue weighted by Gasteiger charge is 2.15. The molecule has 11 heteroatoms. The summed E-state index contributed by atoms with van der Waals surface area (Å²) < 4.78 is 11.1. The highest BCUT2D eigenvalue weighted by molar-refractivity contribution is 5.94. The zero-order chi connectivity index (χ0) is 26.0. The van der Waals surface area contributed by atoms with Crippen LogP contribution in [0.2, 0.25) is 0 Å². The summed E-state index contributed by atoms with van der Waals surface area (Å²) in [5.41, 5.74) is 0.631. The number of hydrogen-bond donors (Lipinski definition) is 5. The Morgan fingerprint density at radius 2 is 1.50 bits per heavy atom. The van der Waals surface area contributed by atoms with Crippen LogP contribution in [0.4, 0.5) is 17.8 Å². The molecule has 0 aliphatic rings. The third-order valence-corrected chi connectivity index (χ3v) is 5.23. The molecule has 1 heterocycles. The lowest BCUT2D eigenvalue weighted by Crippen LogP contribution is -2.30. The zero-order valence-corrected chi connectivity index (χ0v) is 21.6. The second-order valence-corrected chi connectivity index (χ2v) is 8.54. The van der Waals surface area contributed by atoms with E-state index in [1.165, 1.54) is 0 Å². The van der Waals surface area contributed by atoms with Gasteiger partial charge >= 0.3 is 0 Å². The molecule has 5 N–H and O–H groups in total. The van der Waals surface area contributed by atoms with Crippen LogP contribution in [0, 0.1) is 5.92 Å². The second-order valence-electron chi connectivity index (χ2n) is 8.54. The quantitative estimate of drug-likeness (QED) is 0.181. The Morgan fingerprint density at radius 3 is 2.11 bits per heavy atom. The smallest absolute Gasteiger partial charge is 0.251 e. The minimum absolute atomic E-state index is 0.0139. The van der Waals surface area contributed by atoms with Crippen LogP contribution in [-0.2, 0) is 9.47 Å². The number of amides is 1. The van der Waals surface area contributed by atoms with E-state index in [0.29, 0.717) is 62.9 Å². The topological polar surface area (TPSA) is 143 Å². The number of nitrogens with zero attached hydrogens (tertiary/aromatic N) is 3. The van der Waals surface area contributed by atoms with Gasteiger partial charge in [0.25, 0.3) is 5.91 Å². The van der Waals surface area contributed by atoms with E-state index in [1.54, 1.807) is 12.1 Å². The normalized spacial score (nSPS) is 11.8. The Kier molecular flexibility index (Phi) is 14.1. The fourth-order valence-electron chi connectivity index (χ4n) is 3.05. The van der Waals surface area contributed by atoms with Crippen LogP contribution >= 0.6 is 0 Å². The van der Waals surface area contributed by atoms with Crippen LogP contribution in [0.25, 0.3) is 0 Å². The van der Waals surface area contributed by atoms with Crippen molar-refractivity contribution in [1.29, 1.82) is 0 Å². The fraction of sp³-hybridized carbons (Fsp3) is 0.600. The molecule has 0 aliphatic heterocycles. The van der Waals surface area contributed by atoms with Crippen molar-refractivity contribution in [2.24, 2.45) is 5.92 Å². The largest absolute Gasteiger partial charge is 0.394 e. The van der Waals surface area contributed by atoms with Gasteiger partial charge in [-0.05, 0) is 24.5 Å². The van der Waals surface area contributed by atoms with E-state index in [0.717, 1.165) is 19.4 Å². The summed E-state index contributed by atoms with van der Waals surface area (Å²) in [6.45, 7) is 9.62. The van der Waals surface area contributed by atoms with Gasteiger partial charge in [0.05, 0.1) is 39.1 Å². The highest BCUT2D eigenvalue weighted by Crippen LogP contribution is 2.13. The first-order valence-electron chi connectivity index (χ1n) is 12.6. The molecule has 1 atom stereocenters. The van der Waals surface area contributed by atoms with Gasteiger partial charge < -0.3 is 35.8 Å². The molecular formula is C25H41N7O4. The lowest BCUT2D eigenvalue weighted by Gasteiger charge is -2.20. The maximum atomic E-state index is 11.9. The van der Waals surface area contributed by atoms with E-state index in [1.807, 2.05) is 32.0 Å². The predicted octanol–water partition coefficient (Wildman–Crippen LogP) is 2.39. The van der Waals surface area contributed by atoms with Crippen molar-refractivity contribution in [3.63, 3.8) is 0 Å². The van der Waals surface area contributed by atoms with E-state index in [9.17, 15) is 9.90 Å². The summed E-state index contributed by atoms with van der Waals surface area (Å²) in [7, 11) is 0. The molecule has 2 aromatic rings. The standard InChI is InChI=1S/C25H41N7O4/c1-4-5-11-27-23-30-24(32-25(31-23)29-21(18-33)19(2)3)28-13-15-36-17-16-35-14-12-26-22(34)20-9-7-6-8-10-20/h6-10,19,21,33H,4-5,11-18H2,1-3H3,(H,26,34)(H3,27,28,29,30,31,32)/t21-/m0/s1. The molecule has 1 aromatic carbocycles. The summed E-state index contributed by atoms with van der Waals surface area (Å²) in [4.78, 5) is 25.2. The highest BCUT2D eigenvalue weighted by atomic mass is 16.5. The summed E-state index contributed by atoms with van der Waals surface area (Å²) in [6, 6.07) is 8.92. The minimum Gasteiger partial charge on any atom is -0.394 e. The molecule has 0 fully saturated rings. The van der Waals surface area contributed by atoms with E-state index in [-0.39, 0.29) is 24.5 Å². The number of nitrogens with one attached hydrogen (secondary N) is 4. The van der Waals surface area contributed by atoms with Crippen molar-refractivity contribution in [3.05, 3.63) is 35.9 Å². The number of anilines is 3. The molecule has 0 radical (unpaired) electrons. The van der Waals surface area contributed by atoms with E-state index in [4.69, 9.17) is 9.47 Å². The molecule has 0 spiro atoms. The van der Waals surface area contributed by atoms with Gasteiger partial charge in [-0.2, -0.15) is 15.0 Å². The minimum atomic E-state index is -0.154. The van der Waals surface area contributed by atoms with Crippen molar-refractivity contribution < 1.29 is 19.4 Å². The van der Waals surface area contributed by atoms with E-state index < -0.39 is 0 Å². The third kappa shape index (κ3) is 11.6. The molecule has 0 saturated carbocycles. The van der Waals surface area contributed by atoms with E-state index >= 15 is 0 Å². The average molecular weight is 504 g/mol. The third-order valence-electron chi connectivity index (χ3n) is 5.23. The van der Waals surface area contributed by atoms with Gasteiger partial charge in [-0.3, -0.25) is 4.79 Å². The average Bonchev–Trinajstić information content (AvgIpc) is 2.88. The first-order chi connectivity index (χ1) is 17.5. The summed E-state index contributed by atoms with van der Waals surface area (Å²) in [6.07, 6.45) is 2.08. The number of aliphatic hydroxyl groups is 1. The Hall–Kier alpha value is -3.02. The molecule has 36 heavy (non-hydrogen) atoms. The van der Waals surface area contributed by atoms with Crippen molar-refractivity contribution >= 4 is 23.8 Å². The van der Waals surface area contributed by atoms with Crippen LogP contribution in [0.15, 0.2) is 30.3 Å². The van der Waals surface area contributed by atoms with Gasteiger partial charge in [0, 0.05) is 25.2 Å². The maximum absolute atomic E-state index is 11.9. The van der Waals surface area contributed by atoms with Crippen molar-refractivity contribution in [2.75, 3.05) is 68.6 Å². The summed E-state index contributed by atoms with van der Waals surface area (Å²) in [5, 5.41) is 22.0. The monoisotopic (exact) mass is 503 g/mol. The number of carbonyl (C=O) groups is 1. The Labute approximate surface area is 213 Å². The molecule has 0 aliphatic carbocycles. The number of benzene rings is 1.